The fraction of sp³-hybridized carbons (Fsp3) is 0.344. The number of carbonyl (C=O) groups is 2. The summed E-state index contributed by atoms with van der Waals surface area (Å²) in [6, 6.07) is 18.5. The van der Waals surface area contributed by atoms with E-state index in [4.69, 9.17) is 4.84 Å². The Morgan fingerprint density at radius 1 is 0.892 bits per heavy atom. The number of aromatic nitrogens is 1. The van der Waals surface area contributed by atoms with Crippen molar-refractivity contribution in [2.75, 3.05) is 0 Å². The molecule has 0 radical (unpaired) electrons. The first-order valence-electron chi connectivity index (χ1n) is 13.3. The number of nitrogens with zero attached hydrogens (tertiary/aromatic N) is 2. The van der Waals surface area contributed by atoms with Gasteiger partial charge in [-0.3, -0.25) is 4.79 Å². The van der Waals surface area contributed by atoms with Gasteiger partial charge >= 0.3 is 5.97 Å². The Bertz CT molecular complexity index is 1540. The lowest BCUT2D eigenvalue weighted by Gasteiger charge is -2.22. The lowest BCUT2D eigenvalue weighted by atomic mass is 9.83. The molecule has 0 N–H and O–H groups in total. The lowest BCUT2D eigenvalue weighted by Crippen LogP contribution is -2.08. The topological polar surface area (TPSA) is 60.7 Å². The van der Waals surface area contributed by atoms with E-state index in [0.717, 1.165) is 45.0 Å². The minimum absolute atomic E-state index is 0.0516. The summed E-state index contributed by atoms with van der Waals surface area (Å²) in [6.45, 7) is 8.14. The predicted molar refractivity (Wildman–Crippen MR) is 150 cm³/mol. The van der Waals surface area contributed by atoms with E-state index in [1.54, 1.807) is 0 Å². The van der Waals surface area contributed by atoms with Crippen LogP contribution in [-0.2, 0) is 16.2 Å². The smallest absolute Gasteiger partial charge is 0.331 e. The zero-order valence-corrected chi connectivity index (χ0v) is 22.1. The maximum atomic E-state index is 13.7. The highest BCUT2D eigenvalue weighted by atomic mass is 16.7. The number of carbonyl (C=O) groups excluding carboxylic acids is 2. The van der Waals surface area contributed by atoms with Gasteiger partial charge in [0.2, 0.25) is 0 Å². The van der Waals surface area contributed by atoms with Crippen LogP contribution in [0.5, 0.6) is 0 Å². The van der Waals surface area contributed by atoms with Crippen LogP contribution in [0.1, 0.15) is 91.4 Å². The third kappa shape index (κ3) is 4.83. The van der Waals surface area contributed by atoms with Crippen LogP contribution in [0.2, 0.25) is 0 Å². The van der Waals surface area contributed by atoms with Gasteiger partial charge < -0.3 is 9.40 Å². The van der Waals surface area contributed by atoms with E-state index in [1.165, 1.54) is 44.6 Å². The Morgan fingerprint density at radius 2 is 1.54 bits per heavy atom. The van der Waals surface area contributed by atoms with Crippen LogP contribution in [0.3, 0.4) is 0 Å². The highest BCUT2D eigenvalue weighted by Gasteiger charge is 2.19. The van der Waals surface area contributed by atoms with Gasteiger partial charge in [-0.1, -0.05) is 48.7 Å². The quantitative estimate of drug-likeness (QED) is 0.119. The molecule has 1 aromatic heterocycles. The molecule has 0 spiro atoms. The van der Waals surface area contributed by atoms with E-state index >= 15 is 0 Å². The normalized spacial score (nSPS) is 14.9. The van der Waals surface area contributed by atoms with E-state index in [9.17, 15) is 9.59 Å². The summed E-state index contributed by atoms with van der Waals surface area (Å²) in [7, 11) is 0. The van der Waals surface area contributed by atoms with Crippen molar-refractivity contribution in [2.24, 2.45) is 5.16 Å². The van der Waals surface area contributed by atoms with Crippen LogP contribution in [0.15, 0.2) is 59.8 Å². The summed E-state index contributed by atoms with van der Waals surface area (Å²) in [5, 5.41) is 6.03. The molecule has 0 amide bonds. The van der Waals surface area contributed by atoms with Crippen molar-refractivity contribution in [3.8, 4) is 0 Å². The van der Waals surface area contributed by atoms with Crippen LogP contribution >= 0.6 is 0 Å². The van der Waals surface area contributed by atoms with Crippen LogP contribution in [0.4, 0.5) is 0 Å². The van der Waals surface area contributed by atoms with Gasteiger partial charge in [0.1, 0.15) is 0 Å². The highest BCUT2D eigenvalue weighted by molar-refractivity contribution is 6.16. The van der Waals surface area contributed by atoms with E-state index in [2.05, 4.69) is 53.9 Å². The molecule has 5 rings (SSSR count). The first-order valence-corrected chi connectivity index (χ1v) is 13.3. The third-order valence-electron chi connectivity index (χ3n) is 7.74. The number of hydrogen-bond donors (Lipinski definition) is 0. The number of oxime groups is 1. The minimum atomic E-state index is -0.451. The monoisotopic (exact) mass is 494 g/mol. The Hall–Kier alpha value is -3.73. The first-order chi connectivity index (χ1) is 17.9. The Kier molecular flexibility index (Phi) is 6.96. The molecule has 37 heavy (non-hydrogen) atoms. The zero-order valence-electron chi connectivity index (χ0n) is 22.1. The second kappa shape index (κ2) is 10.3. The summed E-state index contributed by atoms with van der Waals surface area (Å²) in [4.78, 5) is 29.7. The van der Waals surface area contributed by atoms with Gasteiger partial charge in [0.15, 0.2) is 5.78 Å². The average Bonchev–Trinajstić information content (AvgIpc) is 3.23. The number of aryl methyl sites for hydroxylation is 2. The standard InChI is InChI=1S/C32H34N2O3/c1-5-34-30-15-12-24(21(3)33-37-22(4)35)18-28(30)29-19-26(13-16-31(29)34)32(36)27-14-11-25(17-20(27)2)23-9-7-6-8-10-23/h11-19,23H,5-10H2,1-4H3. The molecule has 0 aliphatic heterocycles. The molecule has 4 aromatic rings. The van der Waals surface area contributed by atoms with E-state index in [0.29, 0.717) is 17.2 Å². The van der Waals surface area contributed by atoms with Crippen LogP contribution in [-0.4, -0.2) is 22.0 Å². The SMILES string of the molecule is CCn1c2ccc(C(=O)c3ccc(C4CCCCC4)cc3C)cc2c2cc(C(C)=NOC(C)=O)ccc21. The first kappa shape index (κ1) is 24.9. The molecule has 1 heterocycles. The number of hydrogen-bond acceptors (Lipinski definition) is 4. The van der Waals surface area contributed by atoms with Gasteiger partial charge in [0.05, 0.1) is 5.71 Å². The molecule has 5 nitrogen and oxygen atoms in total. The lowest BCUT2D eigenvalue weighted by molar-refractivity contribution is -0.140. The maximum absolute atomic E-state index is 13.7. The van der Waals surface area contributed by atoms with Crippen molar-refractivity contribution in [2.45, 2.75) is 72.3 Å². The van der Waals surface area contributed by atoms with Crippen molar-refractivity contribution < 1.29 is 14.4 Å². The third-order valence-corrected chi connectivity index (χ3v) is 7.74. The van der Waals surface area contributed by atoms with Gasteiger partial charge in [-0.15, -0.1) is 0 Å². The van der Waals surface area contributed by atoms with Gasteiger partial charge in [0, 0.05) is 46.4 Å². The molecule has 0 saturated heterocycles. The second-order valence-electron chi connectivity index (χ2n) is 10.2. The summed E-state index contributed by atoms with van der Waals surface area (Å²) in [5.41, 5.74) is 7.54. The molecule has 1 aliphatic carbocycles. The van der Waals surface area contributed by atoms with Crippen molar-refractivity contribution in [3.05, 3.63) is 82.4 Å². The second-order valence-corrected chi connectivity index (χ2v) is 10.2. The number of benzene rings is 3. The van der Waals surface area contributed by atoms with Crippen molar-refractivity contribution in [1.29, 1.82) is 0 Å². The Labute approximate surface area is 218 Å². The van der Waals surface area contributed by atoms with E-state index in [1.807, 2.05) is 31.2 Å². The fourth-order valence-electron chi connectivity index (χ4n) is 5.78. The molecule has 1 saturated carbocycles. The molecule has 0 atom stereocenters. The molecule has 3 aromatic carbocycles. The maximum Gasteiger partial charge on any atom is 0.331 e. The predicted octanol–water partition coefficient (Wildman–Crippen LogP) is 7.69. The Balaban J connectivity index is 1.54. The Morgan fingerprint density at radius 3 is 2.16 bits per heavy atom. The molecular formula is C32H34N2O3. The van der Waals surface area contributed by atoms with Gasteiger partial charge in [0.25, 0.3) is 0 Å². The molecule has 1 aliphatic rings. The van der Waals surface area contributed by atoms with Gasteiger partial charge in [-0.25, -0.2) is 4.79 Å². The number of rotatable bonds is 6. The summed E-state index contributed by atoms with van der Waals surface area (Å²) < 4.78 is 2.26. The molecule has 0 bridgehead atoms. The summed E-state index contributed by atoms with van der Waals surface area (Å²) in [6.07, 6.45) is 6.43. The minimum Gasteiger partial charge on any atom is -0.341 e. The molecule has 0 unspecified atom stereocenters. The highest BCUT2D eigenvalue weighted by Crippen LogP contribution is 2.35. The van der Waals surface area contributed by atoms with Gasteiger partial charge in [-0.05, 0) is 86.6 Å². The summed E-state index contributed by atoms with van der Waals surface area (Å²) >= 11 is 0. The van der Waals surface area contributed by atoms with E-state index < -0.39 is 5.97 Å². The zero-order chi connectivity index (χ0) is 26.1. The summed E-state index contributed by atoms with van der Waals surface area (Å²) in [5.74, 6) is 0.221. The number of ketones is 1. The fourth-order valence-corrected chi connectivity index (χ4v) is 5.78. The molecular weight excluding hydrogens is 460 g/mol. The molecule has 1 fully saturated rings. The van der Waals surface area contributed by atoms with Crippen LogP contribution in [0, 0.1) is 6.92 Å². The average molecular weight is 495 g/mol. The largest absolute Gasteiger partial charge is 0.341 e. The van der Waals surface area contributed by atoms with Crippen LogP contribution in [0.25, 0.3) is 21.8 Å². The van der Waals surface area contributed by atoms with Gasteiger partial charge in [-0.2, -0.15) is 0 Å². The van der Waals surface area contributed by atoms with Crippen molar-refractivity contribution >= 4 is 39.3 Å². The van der Waals surface area contributed by atoms with E-state index in [-0.39, 0.29) is 5.78 Å². The molecule has 5 heteroatoms. The van der Waals surface area contributed by atoms with Crippen LogP contribution < -0.4 is 0 Å². The molecule has 190 valence electrons. The van der Waals surface area contributed by atoms with Crippen molar-refractivity contribution in [1.82, 2.24) is 4.57 Å². The number of fused-ring (bicyclic) bond motifs is 3. The van der Waals surface area contributed by atoms with Crippen molar-refractivity contribution in [3.63, 3.8) is 0 Å².